The summed E-state index contributed by atoms with van der Waals surface area (Å²) >= 11 is 0. The van der Waals surface area contributed by atoms with Crippen LogP contribution in [0.2, 0.25) is 0 Å². The molecule has 2 rings (SSSR count). The lowest BCUT2D eigenvalue weighted by Crippen LogP contribution is -2.00. The zero-order chi connectivity index (χ0) is 11.5. The Morgan fingerprint density at radius 3 is 3.00 bits per heavy atom. The van der Waals surface area contributed by atoms with Crippen molar-refractivity contribution < 1.29 is 4.92 Å². The first-order valence-corrected chi connectivity index (χ1v) is 4.67. The fraction of sp³-hybridized carbons (Fsp3) is 0.100. The van der Waals surface area contributed by atoms with Gasteiger partial charge in [-0.05, 0) is 12.1 Å². The maximum Gasteiger partial charge on any atom is 0.289 e. The SMILES string of the molecule is CNc1cccn1-c1cncc([N+](=O)[O-])c1. The third kappa shape index (κ3) is 1.72. The highest BCUT2D eigenvalue weighted by Gasteiger charge is 2.09. The van der Waals surface area contributed by atoms with Gasteiger partial charge in [0, 0.05) is 19.3 Å². The van der Waals surface area contributed by atoms with E-state index in [0.29, 0.717) is 5.69 Å². The minimum Gasteiger partial charge on any atom is -0.374 e. The Morgan fingerprint density at radius 2 is 2.31 bits per heavy atom. The summed E-state index contributed by atoms with van der Waals surface area (Å²) in [5.41, 5.74) is 0.636. The van der Waals surface area contributed by atoms with Gasteiger partial charge in [-0.1, -0.05) is 0 Å². The van der Waals surface area contributed by atoms with E-state index in [1.165, 1.54) is 12.3 Å². The Bertz CT molecular complexity index is 521. The van der Waals surface area contributed by atoms with Crippen LogP contribution in [0.4, 0.5) is 11.5 Å². The molecule has 0 aliphatic rings. The van der Waals surface area contributed by atoms with E-state index in [9.17, 15) is 10.1 Å². The van der Waals surface area contributed by atoms with Crippen molar-refractivity contribution >= 4 is 11.5 Å². The molecule has 0 unspecified atom stereocenters. The first kappa shape index (κ1) is 10.2. The summed E-state index contributed by atoms with van der Waals surface area (Å²) in [5, 5.41) is 13.6. The molecule has 0 atom stereocenters. The van der Waals surface area contributed by atoms with Gasteiger partial charge in [0.05, 0.1) is 16.8 Å². The molecule has 6 heteroatoms. The van der Waals surface area contributed by atoms with Crippen molar-refractivity contribution in [1.29, 1.82) is 0 Å². The van der Waals surface area contributed by atoms with E-state index in [1.54, 1.807) is 17.8 Å². The van der Waals surface area contributed by atoms with Crippen molar-refractivity contribution in [3.8, 4) is 5.69 Å². The third-order valence-corrected chi connectivity index (χ3v) is 2.20. The van der Waals surface area contributed by atoms with Crippen LogP contribution in [0.25, 0.3) is 5.69 Å². The molecule has 2 aromatic heterocycles. The molecule has 0 saturated heterocycles. The molecule has 2 heterocycles. The van der Waals surface area contributed by atoms with Gasteiger partial charge in [0.25, 0.3) is 5.69 Å². The molecular formula is C10H10N4O2. The quantitative estimate of drug-likeness (QED) is 0.630. The number of hydrogen-bond donors (Lipinski definition) is 1. The van der Waals surface area contributed by atoms with Gasteiger partial charge in [0.2, 0.25) is 0 Å². The maximum atomic E-state index is 10.6. The van der Waals surface area contributed by atoms with Gasteiger partial charge in [-0.25, -0.2) is 0 Å². The zero-order valence-electron chi connectivity index (χ0n) is 8.62. The summed E-state index contributed by atoms with van der Waals surface area (Å²) in [7, 11) is 1.79. The summed E-state index contributed by atoms with van der Waals surface area (Å²) in [6, 6.07) is 5.21. The van der Waals surface area contributed by atoms with Crippen molar-refractivity contribution in [3.05, 3.63) is 46.9 Å². The largest absolute Gasteiger partial charge is 0.374 e. The van der Waals surface area contributed by atoms with Gasteiger partial charge >= 0.3 is 0 Å². The fourth-order valence-corrected chi connectivity index (χ4v) is 1.46. The number of aromatic nitrogens is 2. The highest BCUT2D eigenvalue weighted by atomic mass is 16.6. The number of rotatable bonds is 3. The molecule has 6 nitrogen and oxygen atoms in total. The van der Waals surface area contributed by atoms with Crippen LogP contribution in [0.15, 0.2) is 36.8 Å². The minimum atomic E-state index is -0.459. The number of pyridine rings is 1. The van der Waals surface area contributed by atoms with Crippen LogP contribution >= 0.6 is 0 Å². The highest BCUT2D eigenvalue weighted by Crippen LogP contribution is 2.19. The van der Waals surface area contributed by atoms with Gasteiger partial charge in [-0.2, -0.15) is 0 Å². The van der Waals surface area contributed by atoms with Crippen LogP contribution in [-0.2, 0) is 0 Å². The Kier molecular flexibility index (Phi) is 2.55. The lowest BCUT2D eigenvalue weighted by atomic mass is 10.3. The van der Waals surface area contributed by atoms with Crippen LogP contribution < -0.4 is 5.32 Å². The summed E-state index contributed by atoms with van der Waals surface area (Å²) in [6.07, 6.45) is 4.62. The number of nitrogens with one attached hydrogen (secondary N) is 1. The number of nitro groups is 1. The Morgan fingerprint density at radius 1 is 1.50 bits per heavy atom. The summed E-state index contributed by atoms with van der Waals surface area (Å²) in [5.74, 6) is 0.849. The second-order valence-electron chi connectivity index (χ2n) is 3.17. The summed E-state index contributed by atoms with van der Waals surface area (Å²) in [4.78, 5) is 14.0. The smallest absolute Gasteiger partial charge is 0.289 e. The van der Waals surface area contributed by atoms with Crippen molar-refractivity contribution in [2.24, 2.45) is 0 Å². The first-order chi connectivity index (χ1) is 7.72. The Labute approximate surface area is 91.7 Å². The first-order valence-electron chi connectivity index (χ1n) is 4.67. The molecule has 0 radical (unpaired) electrons. The average molecular weight is 218 g/mol. The molecule has 16 heavy (non-hydrogen) atoms. The van der Waals surface area contributed by atoms with Crippen LogP contribution in [0.3, 0.4) is 0 Å². The summed E-state index contributed by atoms with van der Waals surface area (Å²) in [6.45, 7) is 0. The van der Waals surface area contributed by atoms with E-state index in [0.717, 1.165) is 5.82 Å². The van der Waals surface area contributed by atoms with Crippen LogP contribution in [-0.4, -0.2) is 21.5 Å². The number of nitrogens with zero attached hydrogens (tertiary/aromatic N) is 3. The van der Waals surface area contributed by atoms with E-state index in [2.05, 4.69) is 10.3 Å². The standard InChI is InChI=1S/C10H10N4O2/c1-11-10-3-2-4-13(10)8-5-9(14(15)16)7-12-6-8/h2-7,11H,1H3. The van der Waals surface area contributed by atoms with E-state index >= 15 is 0 Å². The van der Waals surface area contributed by atoms with Gasteiger partial charge in [0.1, 0.15) is 12.0 Å². The fourth-order valence-electron chi connectivity index (χ4n) is 1.46. The monoisotopic (exact) mass is 218 g/mol. The predicted molar refractivity (Wildman–Crippen MR) is 59.8 cm³/mol. The van der Waals surface area contributed by atoms with E-state index in [-0.39, 0.29) is 5.69 Å². The van der Waals surface area contributed by atoms with Crippen LogP contribution in [0, 0.1) is 10.1 Å². The maximum absolute atomic E-state index is 10.6. The molecule has 0 aliphatic heterocycles. The Hall–Kier alpha value is -2.37. The lowest BCUT2D eigenvalue weighted by Gasteiger charge is -2.07. The lowest BCUT2D eigenvalue weighted by molar-refractivity contribution is -0.385. The Balaban J connectivity index is 2.48. The van der Waals surface area contributed by atoms with Gasteiger partial charge in [-0.3, -0.25) is 15.1 Å². The second kappa shape index (κ2) is 4.01. The third-order valence-electron chi connectivity index (χ3n) is 2.20. The van der Waals surface area contributed by atoms with Crippen molar-refractivity contribution in [1.82, 2.24) is 9.55 Å². The van der Waals surface area contributed by atoms with E-state index in [4.69, 9.17) is 0 Å². The molecular weight excluding hydrogens is 208 g/mol. The van der Waals surface area contributed by atoms with Crippen molar-refractivity contribution in [3.63, 3.8) is 0 Å². The molecule has 0 aliphatic carbocycles. The summed E-state index contributed by atoms with van der Waals surface area (Å²) < 4.78 is 1.79. The molecule has 1 N–H and O–H groups in total. The molecule has 2 aromatic rings. The van der Waals surface area contributed by atoms with E-state index in [1.807, 2.05) is 18.3 Å². The van der Waals surface area contributed by atoms with Crippen LogP contribution in [0.5, 0.6) is 0 Å². The molecule has 0 amide bonds. The van der Waals surface area contributed by atoms with Crippen molar-refractivity contribution in [2.45, 2.75) is 0 Å². The topological polar surface area (TPSA) is 73.0 Å². The molecule has 0 aromatic carbocycles. The highest BCUT2D eigenvalue weighted by molar-refractivity contribution is 5.48. The number of anilines is 1. The second-order valence-corrected chi connectivity index (χ2v) is 3.17. The predicted octanol–water partition coefficient (Wildman–Crippen LogP) is 1.82. The molecule has 0 saturated carbocycles. The van der Waals surface area contributed by atoms with E-state index < -0.39 is 4.92 Å². The number of hydrogen-bond acceptors (Lipinski definition) is 4. The average Bonchev–Trinajstić information content (AvgIpc) is 2.77. The van der Waals surface area contributed by atoms with Gasteiger partial charge in [-0.15, -0.1) is 0 Å². The molecule has 82 valence electrons. The molecule has 0 spiro atoms. The zero-order valence-corrected chi connectivity index (χ0v) is 8.62. The molecule has 0 fully saturated rings. The normalized spacial score (nSPS) is 10.1. The minimum absolute atomic E-state index is 0.0201. The van der Waals surface area contributed by atoms with Gasteiger partial charge in [0.15, 0.2) is 0 Å². The van der Waals surface area contributed by atoms with Crippen LogP contribution in [0.1, 0.15) is 0 Å². The van der Waals surface area contributed by atoms with Gasteiger partial charge < -0.3 is 9.88 Å². The molecule has 0 bridgehead atoms. The van der Waals surface area contributed by atoms with Crippen molar-refractivity contribution in [2.75, 3.05) is 12.4 Å².